The van der Waals surface area contributed by atoms with Gasteiger partial charge in [0.25, 0.3) is 0 Å². The molecule has 1 rings (SSSR count). The van der Waals surface area contributed by atoms with Crippen LogP contribution >= 0.6 is 0 Å². The second-order valence-electron chi connectivity index (χ2n) is 3.25. The van der Waals surface area contributed by atoms with E-state index < -0.39 is 0 Å². The third kappa shape index (κ3) is 3.06. The van der Waals surface area contributed by atoms with Crippen LogP contribution in [0.15, 0.2) is 34.4 Å². The fourth-order valence-corrected chi connectivity index (χ4v) is 1.47. The van der Waals surface area contributed by atoms with Crippen LogP contribution in [0.1, 0.15) is 11.1 Å². The summed E-state index contributed by atoms with van der Waals surface area (Å²) in [5.41, 5.74) is 1.70. The van der Waals surface area contributed by atoms with E-state index in [1.165, 1.54) is 14.2 Å². The molecule has 0 heterocycles. The maximum absolute atomic E-state index is 9.30. The first kappa shape index (κ1) is 13.7. The topological polar surface area (TPSA) is 90.0 Å². The zero-order chi connectivity index (χ0) is 13.4. The van der Waals surface area contributed by atoms with Crippen LogP contribution in [-0.2, 0) is 11.4 Å². The Balaban J connectivity index is 3.29. The summed E-state index contributed by atoms with van der Waals surface area (Å²) in [6.07, 6.45) is 1.79. The van der Waals surface area contributed by atoms with Gasteiger partial charge in [-0.25, -0.2) is 0 Å². The molecule has 0 atom stereocenters. The van der Waals surface area contributed by atoms with E-state index in [1.807, 2.05) is 0 Å². The minimum atomic E-state index is -0.136. The van der Waals surface area contributed by atoms with Crippen LogP contribution in [0.3, 0.4) is 0 Å². The van der Waals surface area contributed by atoms with Crippen LogP contribution < -0.4 is 5.32 Å². The fraction of sp³-hybridized carbons (Fsp3) is 0.250. The number of amidine groups is 1. The van der Waals surface area contributed by atoms with Crippen molar-refractivity contribution in [1.29, 1.82) is 5.26 Å². The van der Waals surface area contributed by atoms with Gasteiger partial charge in [-0.2, -0.15) is 5.26 Å². The summed E-state index contributed by atoms with van der Waals surface area (Å²) < 4.78 is 0. The average Bonchev–Trinajstić information content (AvgIpc) is 2.42. The number of aliphatic hydroxyl groups is 1. The highest BCUT2D eigenvalue weighted by molar-refractivity contribution is 6.48. The SMILES string of the molecule is CN=C(NC#N)/C(=N/OC)c1ccccc1CO. The summed E-state index contributed by atoms with van der Waals surface area (Å²) in [5, 5.41) is 24.3. The Morgan fingerprint density at radius 3 is 2.78 bits per heavy atom. The van der Waals surface area contributed by atoms with Gasteiger partial charge in [0.1, 0.15) is 7.11 Å². The monoisotopic (exact) mass is 246 g/mol. The number of rotatable bonds is 4. The maximum Gasteiger partial charge on any atom is 0.182 e. The fourth-order valence-electron chi connectivity index (χ4n) is 1.47. The van der Waals surface area contributed by atoms with Gasteiger partial charge in [-0.15, -0.1) is 0 Å². The normalized spacial score (nSPS) is 11.9. The zero-order valence-electron chi connectivity index (χ0n) is 10.2. The quantitative estimate of drug-likeness (QED) is 0.268. The van der Waals surface area contributed by atoms with Crippen molar-refractivity contribution in [3.05, 3.63) is 35.4 Å². The molecular weight excluding hydrogens is 232 g/mol. The second kappa shape index (κ2) is 7.04. The molecule has 1 aromatic carbocycles. The number of oxime groups is 1. The van der Waals surface area contributed by atoms with Crippen molar-refractivity contribution >= 4 is 11.5 Å². The van der Waals surface area contributed by atoms with E-state index >= 15 is 0 Å². The van der Waals surface area contributed by atoms with Crippen molar-refractivity contribution < 1.29 is 9.94 Å². The van der Waals surface area contributed by atoms with Crippen LogP contribution in [0.2, 0.25) is 0 Å². The van der Waals surface area contributed by atoms with E-state index in [4.69, 9.17) is 10.1 Å². The molecule has 0 saturated heterocycles. The second-order valence-corrected chi connectivity index (χ2v) is 3.25. The molecule has 0 aromatic heterocycles. The number of nitrogens with zero attached hydrogens (tertiary/aromatic N) is 3. The highest BCUT2D eigenvalue weighted by Gasteiger charge is 2.15. The van der Waals surface area contributed by atoms with E-state index in [1.54, 1.807) is 30.5 Å². The Kier molecular flexibility index (Phi) is 5.35. The van der Waals surface area contributed by atoms with E-state index in [0.717, 1.165) is 0 Å². The molecule has 0 radical (unpaired) electrons. The summed E-state index contributed by atoms with van der Waals surface area (Å²) in [4.78, 5) is 8.70. The van der Waals surface area contributed by atoms with Crippen LogP contribution in [0, 0.1) is 11.5 Å². The van der Waals surface area contributed by atoms with Crippen molar-refractivity contribution in [3.63, 3.8) is 0 Å². The van der Waals surface area contributed by atoms with Crippen molar-refractivity contribution in [2.45, 2.75) is 6.61 Å². The lowest BCUT2D eigenvalue weighted by molar-refractivity contribution is 0.214. The number of nitriles is 1. The highest BCUT2D eigenvalue weighted by Crippen LogP contribution is 2.11. The number of aliphatic hydroxyl groups excluding tert-OH is 1. The number of aliphatic imine (C=N–C) groups is 1. The Morgan fingerprint density at radius 1 is 1.50 bits per heavy atom. The summed E-state index contributed by atoms with van der Waals surface area (Å²) >= 11 is 0. The van der Waals surface area contributed by atoms with Gasteiger partial charge in [0, 0.05) is 12.6 Å². The first-order valence-electron chi connectivity index (χ1n) is 5.21. The van der Waals surface area contributed by atoms with Gasteiger partial charge >= 0.3 is 0 Å². The molecule has 0 fully saturated rings. The summed E-state index contributed by atoms with van der Waals surface area (Å²) in [5.74, 6) is 0.278. The Morgan fingerprint density at radius 2 is 2.22 bits per heavy atom. The zero-order valence-corrected chi connectivity index (χ0v) is 10.2. The number of benzene rings is 1. The van der Waals surface area contributed by atoms with Crippen molar-refractivity contribution in [2.24, 2.45) is 10.1 Å². The molecule has 0 spiro atoms. The van der Waals surface area contributed by atoms with Gasteiger partial charge in [0.05, 0.1) is 6.61 Å². The third-order valence-corrected chi connectivity index (χ3v) is 2.25. The van der Waals surface area contributed by atoms with Gasteiger partial charge in [-0.05, 0) is 5.56 Å². The number of hydrogen-bond acceptors (Lipinski definition) is 5. The predicted molar refractivity (Wildman–Crippen MR) is 68.0 cm³/mol. The maximum atomic E-state index is 9.30. The Labute approximate surface area is 105 Å². The molecule has 2 N–H and O–H groups in total. The number of hydrogen-bond donors (Lipinski definition) is 2. The molecule has 94 valence electrons. The largest absolute Gasteiger partial charge is 0.399 e. The minimum absolute atomic E-state index is 0.136. The molecule has 0 aliphatic rings. The lowest BCUT2D eigenvalue weighted by atomic mass is 10.0. The number of nitrogens with one attached hydrogen (secondary N) is 1. The van der Waals surface area contributed by atoms with Gasteiger partial charge < -0.3 is 9.94 Å². The molecular formula is C12H14N4O2. The molecule has 0 aliphatic carbocycles. The third-order valence-electron chi connectivity index (χ3n) is 2.25. The lowest BCUT2D eigenvalue weighted by Crippen LogP contribution is -2.29. The van der Waals surface area contributed by atoms with Crippen LogP contribution in [-0.4, -0.2) is 30.8 Å². The first-order chi connectivity index (χ1) is 8.78. The minimum Gasteiger partial charge on any atom is -0.399 e. The average molecular weight is 246 g/mol. The summed E-state index contributed by atoms with van der Waals surface area (Å²) in [6, 6.07) is 7.15. The van der Waals surface area contributed by atoms with Crippen LogP contribution in [0.5, 0.6) is 0 Å². The van der Waals surface area contributed by atoms with E-state index in [-0.39, 0.29) is 12.4 Å². The summed E-state index contributed by atoms with van der Waals surface area (Å²) in [6.45, 7) is -0.136. The molecule has 6 nitrogen and oxygen atoms in total. The smallest absolute Gasteiger partial charge is 0.182 e. The standard InChI is InChI=1S/C12H14N4O2/c1-14-12(15-8-13)11(16-18-2)10-6-4-3-5-9(10)7-17/h3-6,17H,7H2,1-2H3,(H,14,15)/b16-11+. The van der Waals surface area contributed by atoms with Crippen LogP contribution in [0.4, 0.5) is 0 Å². The molecule has 0 saturated carbocycles. The highest BCUT2D eigenvalue weighted by atomic mass is 16.6. The Hall–Kier alpha value is -2.39. The van der Waals surface area contributed by atoms with E-state index in [0.29, 0.717) is 16.8 Å². The van der Waals surface area contributed by atoms with Crippen molar-refractivity contribution in [1.82, 2.24) is 5.32 Å². The van der Waals surface area contributed by atoms with Gasteiger partial charge in [-0.3, -0.25) is 10.3 Å². The lowest BCUT2D eigenvalue weighted by Gasteiger charge is -2.10. The molecule has 0 amide bonds. The van der Waals surface area contributed by atoms with Crippen LogP contribution in [0.25, 0.3) is 0 Å². The predicted octanol–water partition coefficient (Wildman–Crippen LogP) is 0.628. The molecule has 0 aliphatic heterocycles. The van der Waals surface area contributed by atoms with Gasteiger partial charge in [0.2, 0.25) is 0 Å². The van der Waals surface area contributed by atoms with Gasteiger partial charge in [-0.1, -0.05) is 29.4 Å². The molecule has 0 unspecified atom stereocenters. The van der Waals surface area contributed by atoms with E-state index in [2.05, 4.69) is 15.5 Å². The van der Waals surface area contributed by atoms with Gasteiger partial charge in [0.15, 0.2) is 17.7 Å². The van der Waals surface area contributed by atoms with Crippen molar-refractivity contribution in [2.75, 3.05) is 14.2 Å². The van der Waals surface area contributed by atoms with E-state index in [9.17, 15) is 5.11 Å². The first-order valence-corrected chi connectivity index (χ1v) is 5.21. The Bertz CT molecular complexity index is 503. The summed E-state index contributed by atoms with van der Waals surface area (Å²) in [7, 11) is 2.94. The van der Waals surface area contributed by atoms with Crippen molar-refractivity contribution in [3.8, 4) is 6.19 Å². The molecule has 18 heavy (non-hydrogen) atoms. The molecule has 6 heteroatoms. The molecule has 1 aromatic rings. The molecule has 0 bridgehead atoms.